The lowest BCUT2D eigenvalue weighted by atomic mass is 9.88. The maximum atomic E-state index is 12.6. The number of thiol groups is 1. The summed E-state index contributed by atoms with van der Waals surface area (Å²) in [5.74, 6) is -0.576. The van der Waals surface area contributed by atoms with Gasteiger partial charge in [0.15, 0.2) is 0 Å². The van der Waals surface area contributed by atoms with Crippen LogP contribution in [-0.4, -0.2) is 23.7 Å². The summed E-state index contributed by atoms with van der Waals surface area (Å²) >= 11 is 4.33. The first-order chi connectivity index (χ1) is 12.5. The van der Waals surface area contributed by atoms with Gasteiger partial charge in [-0.2, -0.15) is 12.6 Å². The van der Waals surface area contributed by atoms with Gasteiger partial charge in [-0.05, 0) is 24.0 Å². The number of amides is 1. The van der Waals surface area contributed by atoms with Crippen molar-refractivity contribution in [3.8, 4) is 0 Å². The quantitative estimate of drug-likeness (QED) is 0.551. The van der Waals surface area contributed by atoms with Crippen molar-refractivity contribution in [3.63, 3.8) is 0 Å². The minimum Gasteiger partial charge on any atom is -0.459 e. The van der Waals surface area contributed by atoms with Gasteiger partial charge in [-0.15, -0.1) is 0 Å². The van der Waals surface area contributed by atoms with E-state index in [4.69, 9.17) is 4.74 Å². The summed E-state index contributed by atoms with van der Waals surface area (Å²) in [6, 6.07) is 18.5. The van der Waals surface area contributed by atoms with Gasteiger partial charge >= 0.3 is 5.97 Å². The standard InChI is InChI=1S/C21H25NO3S/c1-15(18-11-7-4-8-12-18)19(14-26)20(23)22-16(2)21(24)25-13-17-9-5-3-6-10-17/h3-12,15-16,19,26H,13-14H2,1-2H3,(H,22,23)/t15-,16+,19+/m1/s1. The van der Waals surface area contributed by atoms with E-state index in [1.165, 1.54) is 0 Å². The highest BCUT2D eigenvalue weighted by atomic mass is 32.1. The SMILES string of the molecule is C[C@H](NC(=O)[C@@H](CS)[C@H](C)c1ccccc1)C(=O)OCc1ccccc1. The van der Waals surface area contributed by atoms with Crippen LogP contribution in [0.2, 0.25) is 0 Å². The molecule has 0 aliphatic heterocycles. The Balaban J connectivity index is 1.90. The van der Waals surface area contributed by atoms with Crippen molar-refractivity contribution in [1.82, 2.24) is 5.32 Å². The molecule has 0 spiro atoms. The van der Waals surface area contributed by atoms with Gasteiger partial charge in [0.05, 0.1) is 5.92 Å². The van der Waals surface area contributed by atoms with E-state index in [9.17, 15) is 9.59 Å². The number of hydrogen-bond acceptors (Lipinski definition) is 4. The second-order valence-corrected chi connectivity index (χ2v) is 6.68. The van der Waals surface area contributed by atoms with Crippen LogP contribution < -0.4 is 5.32 Å². The number of hydrogen-bond donors (Lipinski definition) is 2. The monoisotopic (exact) mass is 371 g/mol. The molecule has 1 N–H and O–H groups in total. The third-order valence-corrected chi connectivity index (χ3v) is 4.79. The fourth-order valence-electron chi connectivity index (χ4n) is 2.69. The number of carbonyl (C=O) groups excluding carboxylic acids is 2. The van der Waals surface area contributed by atoms with Gasteiger partial charge in [-0.3, -0.25) is 4.79 Å². The van der Waals surface area contributed by atoms with Gasteiger partial charge in [0.1, 0.15) is 12.6 Å². The van der Waals surface area contributed by atoms with Crippen LogP contribution in [0.1, 0.15) is 30.9 Å². The fraction of sp³-hybridized carbons (Fsp3) is 0.333. The molecule has 0 aliphatic carbocycles. The topological polar surface area (TPSA) is 55.4 Å². The van der Waals surface area contributed by atoms with E-state index in [2.05, 4.69) is 17.9 Å². The molecule has 0 unspecified atom stereocenters. The van der Waals surface area contributed by atoms with Gasteiger partial charge in [0, 0.05) is 5.75 Å². The summed E-state index contributed by atoms with van der Waals surface area (Å²) in [7, 11) is 0. The Bertz CT molecular complexity index is 706. The zero-order chi connectivity index (χ0) is 18.9. The van der Waals surface area contributed by atoms with E-state index >= 15 is 0 Å². The van der Waals surface area contributed by atoms with Crippen molar-refractivity contribution in [1.29, 1.82) is 0 Å². The molecule has 0 aromatic heterocycles. The van der Waals surface area contributed by atoms with Crippen LogP contribution in [-0.2, 0) is 20.9 Å². The van der Waals surface area contributed by atoms with Crippen LogP contribution in [0.3, 0.4) is 0 Å². The second-order valence-electron chi connectivity index (χ2n) is 6.31. The number of carbonyl (C=O) groups is 2. The van der Waals surface area contributed by atoms with E-state index in [-0.39, 0.29) is 24.3 Å². The average molecular weight is 372 g/mol. The Morgan fingerprint density at radius 3 is 2.15 bits per heavy atom. The smallest absolute Gasteiger partial charge is 0.328 e. The molecule has 5 heteroatoms. The number of rotatable bonds is 8. The molecule has 0 radical (unpaired) electrons. The molecule has 26 heavy (non-hydrogen) atoms. The van der Waals surface area contributed by atoms with Crippen molar-refractivity contribution >= 4 is 24.5 Å². The van der Waals surface area contributed by atoms with Crippen LogP contribution in [0.4, 0.5) is 0 Å². The minimum atomic E-state index is -0.712. The lowest BCUT2D eigenvalue weighted by Crippen LogP contribution is -2.44. The molecule has 1 amide bonds. The van der Waals surface area contributed by atoms with E-state index in [0.29, 0.717) is 5.75 Å². The number of nitrogens with one attached hydrogen (secondary N) is 1. The molecule has 138 valence electrons. The molecule has 0 bridgehead atoms. The fourth-order valence-corrected chi connectivity index (χ4v) is 3.17. The molecule has 0 heterocycles. The molecule has 2 aromatic carbocycles. The first kappa shape index (κ1) is 20.0. The number of benzene rings is 2. The lowest BCUT2D eigenvalue weighted by molar-refractivity contribution is -0.149. The molecule has 2 aromatic rings. The average Bonchev–Trinajstić information content (AvgIpc) is 2.68. The predicted octanol–water partition coefficient (Wildman–Crippen LogP) is 3.58. The van der Waals surface area contributed by atoms with Crippen LogP contribution in [0.25, 0.3) is 0 Å². The van der Waals surface area contributed by atoms with Gasteiger partial charge in [-0.1, -0.05) is 67.6 Å². The predicted molar refractivity (Wildman–Crippen MR) is 106 cm³/mol. The summed E-state index contributed by atoms with van der Waals surface area (Å²) in [4.78, 5) is 24.8. The Morgan fingerprint density at radius 2 is 1.58 bits per heavy atom. The third kappa shape index (κ3) is 5.63. The molecular formula is C21H25NO3S. The summed E-state index contributed by atoms with van der Waals surface area (Å²) in [6.45, 7) is 3.82. The van der Waals surface area contributed by atoms with E-state index < -0.39 is 12.0 Å². The van der Waals surface area contributed by atoms with E-state index in [1.54, 1.807) is 6.92 Å². The van der Waals surface area contributed by atoms with Gasteiger partial charge < -0.3 is 10.1 Å². The van der Waals surface area contributed by atoms with Crippen LogP contribution >= 0.6 is 12.6 Å². The Hall–Kier alpha value is -2.27. The maximum Gasteiger partial charge on any atom is 0.328 e. The molecule has 2 rings (SSSR count). The molecule has 0 saturated carbocycles. The largest absolute Gasteiger partial charge is 0.459 e. The normalized spacial score (nSPS) is 14.1. The summed E-state index contributed by atoms with van der Waals surface area (Å²) in [6.07, 6.45) is 0. The van der Waals surface area contributed by atoms with E-state index in [0.717, 1.165) is 11.1 Å². The molecule has 4 nitrogen and oxygen atoms in total. The van der Waals surface area contributed by atoms with Crippen molar-refractivity contribution in [3.05, 3.63) is 71.8 Å². The number of ether oxygens (including phenoxy) is 1. The molecule has 0 aliphatic rings. The van der Waals surface area contributed by atoms with Gasteiger partial charge in [0.25, 0.3) is 0 Å². The van der Waals surface area contributed by atoms with E-state index in [1.807, 2.05) is 67.6 Å². The van der Waals surface area contributed by atoms with Crippen molar-refractivity contribution in [2.24, 2.45) is 5.92 Å². The number of esters is 1. The highest BCUT2D eigenvalue weighted by molar-refractivity contribution is 7.80. The summed E-state index contributed by atoms with van der Waals surface area (Å²) in [5, 5.41) is 2.76. The Labute approximate surface area is 160 Å². The van der Waals surface area contributed by atoms with Crippen molar-refractivity contribution < 1.29 is 14.3 Å². The molecule has 3 atom stereocenters. The van der Waals surface area contributed by atoms with Crippen LogP contribution in [0.15, 0.2) is 60.7 Å². The Kier molecular flexibility index (Phi) is 7.73. The lowest BCUT2D eigenvalue weighted by Gasteiger charge is -2.23. The Morgan fingerprint density at radius 1 is 1.00 bits per heavy atom. The van der Waals surface area contributed by atoms with Crippen LogP contribution in [0.5, 0.6) is 0 Å². The molecular weight excluding hydrogens is 346 g/mol. The highest BCUT2D eigenvalue weighted by Gasteiger charge is 2.27. The zero-order valence-corrected chi connectivity index (χ0v) is 16.0. The minimum absolute atomic E-state index is 0.00115. The van der Waals surface area contributed by atoms with Gasteiger partial charge in [-0.25, -0.2) is 4.79 Å². The first-order valence-corrected chi connectivity index (χ1v) is 9.33. The summed E-state index contributed by atoms with van der Waals surface area (Å²) in [5.41, 5.74) is 1.98. The highest BCUT2D eigenvalue weighted by Crippen LogP contribution is 2.25. The maximum absolute atomic E-state index is 12.6. The molecule has 0 saturated heterocycles. The first-order valence-electron chi connectivity index (χ1n) is 8.69. The zero-order valence-electron chi connectivity index (χ0n) is 15.1. The second kappa shape index (κ2) is 10.0. The van der Waals surface area contributed by atoms with Gasteiger partial charge in [0.2, 0.25) is 5.91 Å². The molecule has 0 fully saturated rings. The van der Waals surface area contributed by atoms with Crippen molar-refractivity contribution in [2.45, 2.75) is 32.4 Å². The van der Waals surface area contributed by atoms with Crippen molar-refractivity contribution in [2.75, 3.05) is 5.75 Å². The van der Waals surface area contributed by atoms with Crippen LogP contribution in [0, 0.1) is 5.92 Å². The third-order valence-electron chi connectivity index (χ3n) is 4.40. The summed E-state index contributed by atoms with van der Waals surface area (Å²) < 4.78 is 5.28.